The summed E-state index contributed by atoms with van der Waals surface area (Å²) in [6, 6.07) is 15.9. The van der Waals surface area contributed by atoms with Gasteiger partial charge in [-0.25, -0.2) is 5.10 Å². The van der Waals surface area contributed by atoms with Gasteiger partial charge in [-0.2, -0.15) is 5.10 Å². The van der Waals surface area contributed by atoms with E-state index in [-0.39, 0.29) is 5.56 Å². The first-order valence-corrected chi connectivity index (χ1v) is 11.8. The molecule has 1 aliphatic carbocycles. The topological polar surface area (TPSA) is 69.8 Å². The molecule has 1 aliphatic rings. The van der Waals surface area contributed by atoms with E-state index in [1.807, 2.05) is 36.4 Å². The quantitative estimate of drug-likeness (QED) is 0.389. The molecule has 5 heteroatoms. The Morgan fingerprint density at radius 3 is 2.58 bits per heavy atom. The predicted octanol–water partition coefficient (Wildman–Crippen LogP) is 5.34. The van der Waals surface area contributed by atoms with Gasteiger partial charge >= 0.3 is 0 Å². The molecule has 3 aromatic rings. The van der Waals surface area contributed by atoms with Crippen LogP contribution in [0, 0.1) is 5.92 Å². The second kappa shape index (κ2) is 11.1. The third-order valence-corrected chi connectivity index (χ3v) is 6.35. The maximum absolute atomic E-state index is 12.0. The van der Waals surface area contributed by atoms with Crippen LogP contribution in [0.5, 0.6) is 0 Å². The molecule has 0 atom stereocenters. The molecule has 1 fully saturated rings. The van der Waals surface area contributed by atoms with Crippen molar-refractivity contribution in [1.82, 2.24) is 15.5 Å². The van der Waals surface area contributed by atoms with Gasteiger partial charge in [0.2, 0.25) is 0 Å². The number of nitrogens with one attached hydrogen (secondary N) is 3. The van der Waals surface area contributed by atoms with Crippen LogP contribution in [0.4, 0.5) is 5.69 Å². The van der Waals surface area contributed by atoms with Crippen molar-refractivity contribution in [3.63, 3.8) is 0 Å². The number of unbranched alkanes of at least 4 members (excludes halogenated alkanes) is 2. The van der Waals surface area contributed by atoms with Crippen molar-refractivity contribution in [3.05, 3.63) is 58.9 Å². The Balaban J connectivity index is 1.23. The predicted molar refractivity (Wildman–Crippen MR) is 130 cm³/mol. The summed E-state index contributed by atoms with van der Waals surface area (Å²) in [7, 11) is 0. The fraction of sp³-hybridized carbons (Fsp3) is 0.462. The van der Waals surface area contributed by atoms with Crippen LogP contribution in [0.2, 0.25) is 0 Å². The average Bonchev–Trinajstić information content (AvgIpc) is 2.82. The zero-order valence-electron chi connectivity index (χ0n) is 18.3. The number of anilines is 1. The number of hydrogen-bond donors (Lipinski definition) is 3. The molecular weight excluding hydrogens is 384 g/mol. The number of benzene rings is 2. The van der Waals surface area contributed by atoms with Gasteiger partial charge in [0.1, 0.15) is 0 Å². The highest BCUT2D eigenvalue weighted by Crippen LogP contribution is 2.26. The fourth-order valence-electron chi connectivity index (χ4n) is 4.59. The van der Waals surface area contributed by atoms with Crippen LogP contribution in [-0.4, -0.2) is 29.8 Å². The van der Waals surface area contributed by atoms with E-state index in [0.717, 1.165) is 47.8 Å². The lowest BCUT2D eigenvalue weighted by Crippen LogP contribution is -2.25. The average molecular weight is 419 g/mol. The van der Waals surface area contributed by atoms with Gasteiger partial charge in [-0.05, 0) is 62.9 Å². The molecule has 0 unspecified atom stereocenters. The summed E-state index contributed by atoms with van der Waals surface area (Å²) in [4.78, 5) is 12.0. The maximum Gasteiger partial charge on any atom is 0.272 e. The number of rotatable bonds is 10. The van der Waals surface area contributed by atoms with Crippen molar-refractivity contribution in [3.8, 4) is 11.3 Å². The zero-order valence-corrected chi connectivity index (χ0v) is 18.3. The molecule has 1 saturated carbocycles. The van der Waals surface area contributed by atoms with Gasteiger partial charge in [-0.1, -0.05) is 56.0 Å². The monoisotopic (exact) mass is 418 g/mol. The Bertz CT molecular complexity index is 1020. The van der Waals surface area contributed by atoms with Crippen molar-refractivity contribution < 1.29 is 0 Å². The largest absolute Gasteiger partial charge is 0.385 e. The van der Waals surface area contributed by atoms with Gasteiger partial charge < -0.3 is 10.6 Å². The van der Waals surface area contributed by atoms with E-state index in [2.05, 4.69) is 33.0 Å². The fourth-order valence-corrected chi connectivity index (χ4v) is 4.59. The minimum atomic E-state index is -0.151. The molecule has 1 heterocycles. The van der Waals surface area contributed by atoms with Gasteiger partial charge in [-0.15, -0.1) is 0 Å². The molecule has 1 aromatic heterocycles. The lowest BCUT2D eigenvalue weighted by Gasteiger charge is -2.21. The highest BCUT2D eigenvalue weighted by Gasteiger charge is 2.12. The van der Waals surface area contributed by atoms with Gasteiger partial charge in [0.05, 0.1) is 11.1 Å². The van der Waals surface area contributed by atoms with Crippen molar-refractivity contribution >= 4 is 16.5 Å². The van der Waals surface area contributed by atoms with Crippen LogP contribution in [0.25, 0.3) is 22.0 Å². The first-order valence-electron chi connectivity index (χ1n) is 11.8. The van der Waals surface area contributed by atoms with Crippen molar-refractivity contribution in [2.75, 3.05) is 25.0 Å². The van der Waals surface area contributed by atoms with E-state index < -0.39 is 0 Å². The van der Waals surface area contributed by atoms with E-state index >= 15 is 0 Å². The first kappa shape index (κ1) is 21.6. The van der Waals surface area contributed by atoms with Crippen molar-refractivity contribution in [2.24, 2.45) is 5.92 Å². The Labute approximate surface area is 184 Å². The molecule has 5 nitrogen and oxygen atoms in total. The smallest absolute Gasteiger partial charge is 0.272 e. The number of aromatic amines is 1. The van der Waals surface area contributed by atoms with Gasteiger partial charge in [-0.3, -0.25) is 4.79 Å². The van der Waals surface area contributed by atoms with Gasteiger partial charge in [0, 0.05) is 23.2 Å². The SMILES string of the molecule is O=c1[nH]nc(-c2cccc(NCCCCCNCC3CCCCC3)c2)c2ccccc12. The number of H-pyrrole nitrogens is 1. The Hall–Kier alpha value is -2.66. The molecule has 2 aromatic carbocycles. The molecule has 31 heavy (non-hydrogen) atoms. The van der Waals surface area contributed by atoms with Crippen molar-refractivity contribution in [1.29, 1.82) is 0 Å². The van der Waals surface area contributed by atoms with Gasteiger partial charge in [0.15, 0.2) is 0 Å². The summed E-state index contributed by atoms with van der Waals surface area (Å²) >= 11 is 0. The number of hydrogen-bond acceptors (Lipinski definition) is 4. The Morgan fingerprint density at radius 1 is 0.903 bits per heavy atom. The molecule has 164 valence electrons. The second-order valence-corrected chi connectivity index (χ2v) is 8.72. The first-order chi connectivity index (χ1) is 15.3. The highest BCUT2D eigenvalue weighted by atomic mass is 16.1. The Morgan fingerprint density at radius 2 is 1.71 bits per heavy atom. The molecule has 0 bridgehead atoms. The molecule has 0 aliphatic heterocycles. The normalized spacial score (nSPS) is 14.7. The molecule has 4 rings (SSSR count). The second-order valence-electron chi connectivity index (χ2n) is 8.72. The molecule has 0 spiro atoms. The van der Waals surface area contributed by atoms with Crippen LogP contribution in [0.1, 0.15) is 51.4 Å². The summed E-state index contributed by atoms with van der Waals surface area (Å²) in [5.74, 6) is 0.914. The Kier molecular flexibility index (Phi) is 7.72. The molecule has 0 saturated heterocycles. The van der Waals surface area contributed by atoms with Crippen molar-refractivity contribution in [2.45, 2.75) is 51.4 Å². The third kappa shape index (κ3) is 5.95. The number of fused-ring (bicyclic) bond motifs is 1. The van der Waals surface area contributed by atoms with Crippen LogP contribution in [0.3, 0.4) is 0 Å². The van der Waals surface area contributed by atoms with E-state index in [9.17, 15) is 4.79 Å². The van der Waals surface area contributed by atoms with E-state index in [1.165, 1.54) is 51.5 Å². The molecule has 0 amide bonds. The highest BCUT2D eigenvalue weighted by molar-refractivity contribution is 5.94. The lowest BCUT2D eigenvalue weighted by molar-refractivity contribution is 0.341. The van der Waals surface area contributed by atoms with Crippen LogP contribution in [-0.2, 0) is 0 Å². The molecular formula is C26H34N4O. The summed E-state index contributed by atoms with van der Waals surface area (Å²) in [6.45, 7) is 3.31. The summed E-state index contributed by atoms with van der Waals surface area (Å²) in [5.41, 5.74) is 2.75. The lowest BCUT2D eigenvalue weighted by atomic mass is 9.89. The zero-order chi connectivity index (χ0) is 21.3. The number of aromatic nitrogens is 2. The maximum atomic E-state index is 12.0. The minimum absolute atomic E-state index is 0.151. The van der Waals surface area contributed by atoms with E-state index in [0.29, 0.717) is 5.39 Å². The summed E-state index contributed by atoms with van der Waals surface area (Å²) in [6.07, 6.45) is 10.7. The number of nitrogens with zero attached hydrogens (tertiary/aromatic N) is 1. The third-order valence-electron chi connectivity index (χ3n) is 6.35. The van der Waals surface area contributed by atoms with Gasteiger partial charge in [0.25, 0.3) is 5.56 Å². The van der Waals surface area contributed by atoms with E-state index in [1.54, 1.807) is 0 Å². The standard InChI is InChI=1S/C26H34N4O/c31-26-24-15-6-5-14-23(24)25(29-30-26)21-12-9-13-22(18-21)28-17-8-2-7-16-27-19-20-10-3-1-4-11-20/h5-6,9,12-15,18,20,27-28H,1-4,7-8,10-11,16-17,19H2,(H,30,31). The molecule has 3 N–H and O–H groups in total. The summed E-state index contributed by atoms with van der Waals surface area (Å²) in [5, 5.41) is 15.7. The van der Waals surface area contributed by atoms with Crippen LogP contribution in [0.15, 0.2) is 53.3 Å². The molecule has 0 radical (unpaired) electrons. The van der Waals surface area contributed by atoms with Crippen LogP contribution < -0.4 is 16.2 Å². The van der Waals surface area contributed by atoms with Crippen LogP contribution >= 0.6 is 0 Å². The van der Waals surface area contributed by atoms with E-state index in [4.69, 9.17) is 0 Å². The summed E-state index contributed by atoms with van der Waals surface area (Å²) < 4.78 is 0. The minimum Gasteiger partial charge on any atom is -0.385 e.